The quantitative estimate of drug-likeness (QED) is 0.433. The fraction of sp³-hybridized carbons (Fsp3) is 0.400. The van der Waals surface area contributed by atoms with E-state index in [1.54, 1.807) is 25.1 Å². The molecule has 0 saturated heterocycles. The molecule has 1 aliphatic rings. The molecule has 1 aliphatic carbocycles. The van der Waals surface area contributed by atoms with Crippen LogP contribution in [0.5, 0.6) is 0 Å². The maximum atomic E-state index is 13.6. The van der Waals surface area contributed by atoms with Gasteiger partial charge in [-0.05, 0) is 60.7 Å². The highest BCUT2D eigenvalue weighted by Crippen LogP contribution is 2.22. The highest BCUT2D eigenvalue weighted by molar-refractivity contribution is 7.89. The van der Waals surface area contributed by atoms with Gasteiger partial charge in [-0.3, -0.25) is 9.59 Å². The Morgan fingerprint density at radius 1 is 0.947 bits per heavy atom. The van der Waals surface area contributed by atoms with Crippen LogP contribution in [0.2, 0.25) is 0 Å². The highest BCUT2D eigenvalue weighted by Gasteiger charge is 2.31. The van der Waals surface area contributed by atoms with Crippen LogP contribution >= 0.6 is 0 Å². The number of hydrogen-bond donors (Lipinski definition) is 1. The monoisotopic (exact) mass is 535 g/mol. The number of carbonyl (C=O) groups is 2. The van der Waals surface area contributed by atoms with Crippen LogP contribution in [0.25, 0.3) is 10.8 Å². The Labute approximate surface area is 225 Å². The summed E-state index contributed by atoms with van der Waals surface area (Å²) in [6, 6.07) is 19.6. The minimum Gasteiger partial charge on any atom is -0.352 e. The van der Waals surface area contributed by atoms with Crippen molar-refractivity contribution in [3.63, 3.8) is 0 Å². The summed E-state index contributed by atoms with van der Waals surface area (Å²) in [4.78, 5) is 28.5. The molecule has 1 fully saturated rings. The lowest BCUT2D eigenvalue weighted by Crippen LogP contribution is -2.52. The fourth-order valence-electron chi connectivity index (χ4n) is 5.00. The van der Waals surface area contributed by atoms with Gasteiger partial charge in [-0.2, -0.15) is 4.31 Å². The van der Waals surface area contributed by atoms with Crippen molar-refractivity contribution in [2.24, 2.45) is 0 Å². The van der Waals surface area contributed by atoms with Crippen LogP contribution in [0.3, 0.4) is 0 Å². The van der Waals surface area contributed by atoms with Gasteiger partial charge in [-0.1, -0.05) is 73.9 Å². The van der Waals surface area contributed by atoms with E-state index in [4.69, 9.17) is 0 Å². The van der Waals surface area contributed by atoms with E-state index in [0.717, 1.165) is 51.9 Å². The van der Waals surface area contributed by atoms with Crippen LogP contribution in [0.4, 0.5) is 0 Å². The second-order valence-electron chi connectivity index (χ2n) is 10.2. The number of aryl methyl sites for hydroxylation is 1. The minimum atomic E-state index is -3.92. The van der Waals surface area contributed by atoms with Gasteiger partial charge in [0, 0.05) is 19.6 Å². The van der Waals surface area contributed by atoms with Gasteiger partial charge in [0.15, 0.2) is 0 Å². The van der Waals surface area contributed by atoms with Crippen molar-refractivity contribution < 1.29 is 18.0 Å². The molecule has 0 bridgehead atoms. The molecule has 0 aromatic heterocycles. The fourth-order valence-corrected chi connectivity index (χ4v) is 6.15. The van der Waals surface area contributed by atoms with Crippen LogP contribution in [0, 0.1) is 6.92 Å². The third-order valence-electron chi connectivity index (χ3n) is 7.51. The van der Waals surface area contributed by atoms with E-state index in [0.29, 0.717) is 0 Å². The molecule has 3 aromatic rings. The lowest BCUT2D eigenvalue weighted by atomic mass is 9.95. The number of rotatable bonds is 9. The second-order valence-corrected chi connectivity index (χ2v) is 12.3. The Morgan fingerprint density at radius 3 is 2.32 bits per heavy atom. The van der Waals surface area contributed by atoms with Crippen LogP contribution in [-0.4, -0.2) is 55.1 Å². The summed E-state index contributed by atoms with van der Waals surface area (Å²) in [5, 5.41) is 4.86. The van der Waals surface area contributed by atoms with Crippen LogP contribution in [-0.2, 0) is 26.2 Å². The molecule has 0 spiro atoms. The molecular weight excluding hydrogens is 498 g/mol. The Bertz CT molecular complexity index is 1400. The van der Waals surface area contributed by atoms with Crippen molar-refractivity contribution >= 4 is 32.6 Å². The zero-order chi connectivity index (χ0) is 27.3. The molecule has 38 heavy (non-hydrogen) atoms. The van der Waals surface area contributed by atoms with Gasteiger partial charge in [0.05, 0.1) is 11.4 Å². The minimum absolute atomic E-state index is 0.116. The topological polar surface area (TPSA) is 86.8 Å². The first-order chi connectivity index (χ1) is 18.2. The van der Waals surface area contributed by atoms with E-state index < -0.39 is 22.0 Å². The summed E-state index contributed by atoms with van der Waals surface area (Å²) < 4.78 is 27.8. The first-order valence-electron chi connectivity index (χ1n) is 13.3. The van der Waals surface area contributed by atoms with Gasteiger partial charge in [-0.15, -0.1) is 0 Å². The second kappa shape index (κ2) is 12.1. The van der Waals surface area contributed by atoms with Crippen molar-refractivity contribution in [1.82, 2.24) is 14.5 Å². The number of sulfonamides is 1. The smallest absolute Gasteiger partial charge is 0.243 e. The molecule has 0 aliphatic heterocycles. The molecule has 202 valence electrons. The number of likely N-dealkylation sites (N-methyl/N-ethyl adjacent to an activating group) is 1. The largest absolute Gasteiger partial charge is 0.352 e. The van der Waals surface area contributed by atoms with Crippen molar-refractivity contribution in [2.45, 2.75) is 69.5 Å². The summed E-state index contributed by atoms with van der Waals surface area (Å²) in [5.41, 5.74) is 1.92. The van der Waals surface area contributed by atoms with Crippen LogP contribution in [0.15, 0.2) is 71.6 Å². The van der Waals surface area contributed by atoms with Crippen LogP contribution < -0.4 is 5.32 Å². The Hall–Kier alpha value is -3.23. The number of hydrogen-bond acceptors (Lipinski definition) is 4. The molecule has 7 nitrogen and oxygen atoms in total. The summed E-state index contributed by atoms with van der Waals surface area (Å²) in [7, 11) is -2.52. The molecule has 4 rings (SSSR count). The van der Waals surface area contributed by atoms with Gasteiger partial charge in [0.25, 0.3) is 0 Å². The van der Waals surface area contributed by atoms with E-state index in [-0.39, 0.29) is 29.9 Å². The van der Waals surface area contributed by atoms with Crippen molar-refractivity contribution in [3.05, 3.63) is 77.9 Å². The predicted octanol–water partition coefficient (Wildman–Crippen LogP) is 4.63. The normalized spacial score (nSPS) is 15.4. The molecule has 1 N–H and O–H groups in total. The average Bonchev–Trinajstić information content (AvgIpc) is 2.92. The van der Waals surface area contributed by atoms with Crippen molar-refractivity contribution in [1.29, 1.82) is 0 Å². The molecule has 1 saturated carbocycles. The lowest BCUT2D eigenvalue weighted by Gasteiger charge is -2.32. The van der Waals surface area contributed by atoms with E-state index in [2.05, 4.69) is 5.32 Å². The number of carbonyl (C=O) groups excluding carboxylic acids is 2. The Kier molecular flexibility index (Phi) is 8.84. The lowest BCUT2D eigenvalue weighted by molar-refractivity contribution is -0.141. The molecule has 1 atom stereocenters. The Morgan fingerprint density at radius 2 is 1.61 bits per heavy atom. The average molecular weight is 536 g/mol. The van der Waals surface area contributed by atoms with Crippen molar-refractivity contribution in [3.8, 4) is 0 Å². The first kappa shape index (κ1) is 27.8. The SMILES string of the molecule is Cc1ccccc1CN(C(=O)CN(C)S(=O)(=O)c1ccc2ccccc2c1)C(C)C(=O)NC1CCCCC1. The number of amides is 2. The molecule has 3 aromatic carbocycles. The van der Waals surface area contributed by atoms with Gasteiger partial charge < -0.3 is 10.2 Å². The van der Waals surface area contributed by atoms with E-state index in [9.17, 15) is 18.0 Å². The number of nitrogens with zero attached hydrogens (tertiary/aromatic N) is 2. The number of fused-ring (bicyclic) bond motifs is 1. The third-order valence-corrected chi connectivity index (χ3v) is 9.31. The van der Waals surface area contributed by atoms with E-state index in [1.165, 1.54) is 18.4 Å². The van der Waals surface area contributed by atoms with Crippen LogP contribution in [0.1, 0.15) is 50.2 Å². The number of benzene rings is 3. The zero-order valence-corrected chi connectivity index (χ0v) is 23.2. The highest BCUT2D eigenvalue weighted by atomic mass is 32.2. The third kappa shape index (κ3) is 6.42. The summed E-state index contributed by atoms with van der Waals surface area (Å²) in [5.74, 6) is -0.634. The maximum Gasteiger partial charge on any atom is 0.243 e. The first-order valence-corrected chi connectivity index (χ1v) is 14.7. The molecule has 8 heteroatoms. The van der Waals surface area contributed by atoms with Crippen molar-refractivity contribution in [2.75, 3.05) is 13.6 Å². The van der Waals surface area contributed by atoms with E-state index in [1.807, 2.05) is 55.5 Å². The molecule has 1 unspecified atom stereocenters. The molecule has 0 radical (unpaired) electrons. The standard InChI is InChI=1S/C30H37N3O4S/c1-22-11-7-8-14-26(22)20-33(23(2)30(35)31-27-15-5-4-6-16-27)29(34)21-32(3)38(36,37)28-18-17-24-12-9-10-13-25(24)19-28/h7-14,17-19,23,27H,4-6,15-16,20-21H2,1-3H3,(H,31,35). The van der Waals surface area contributed by atoms with Gasteiger partial charge >= 0.3 is 0 Å². The van der Waals surface area contributed by atoms with Gasteiger partial charge in [0.1, 0.15) is 6.04 Å². The summed E-state index contributed by atoms with van der Waals surface area (Å²) in [6.45, 7) is 3.52. The summed E-state index contributed by atoms with van der Waals surface area (Å²) in [6.07, 6.45) is 5.23. The zero-order valence-electron chi connectivity index (χ0n) is 22.4. The summed E-state index contributed by atoms with van der Waals surface area (Å²) >= 11 is 0. The predicted molar refractivity (Wildman–Crippen MR) is 150 cm³/mol. The molecule has 2 amide bonds. The van der Waals surface area contributed by atoms with Gasteiger partial charge in [-0.25, -0.2) is 8.42 Å². The molecule has 0 heterocycles. The van der Waals surface area contributed by atoms with E-state index >= 15 is 0 Å². The Balaban J connectivity index is 1.54. The number of nitrogens with one attached hydrogen (secondary N) is 1. The van der Waals surface area contributed by atoms with Gasteiger partial charge in [0.2, 0.25) is 21.8 Å². The molecular formula is C30H37N3O4S. The maximum absolute atomic E-state index is 13.6.